The van der Waals surface area contributed by atoms with Gasteiger partial charge in [0, 0.05) is 29.6 Å². The van der Waals surface area contributed by atoms with Crippen molar-refractivity contribution in [2.45, 2.75) is 50.1 Å². The van der Waals surface area contributed by atoms with Gasteiger partial charge in [0.25, 0.3) is 0 Å². The number of benzene rings is 2. The smallest absolute Gasteiger partial charge is 0.227 e. The molecule has 27 heavy (non-hydrogen) atoms. The lowest BCUT2D eigenvalue weighted by atomic mass is 9.68. The summed E-state index contributed by atoms with van der Waals surface area (Å²) < 4.78 is 0. The Labute approximate surface area is 172 Å². The largest absolute Gasteiger partial charge is 0.335 e. The van der Waals surface area contributed by atoms with Gasteiger partial charge in [0.15, 0.2) is 0 Å². The minimum Gasteiger partial charge on any atom is -0.335 e. The van der Waals surface area contributed by atoms with Crippen molar-refractivity contribution in [3.63, 3.8) is 0 Å². The Morgan fingerprint density at radius 2 is 1.78 bits per heavy atom. The van der Waals surface area contributed by atoms with E-state index >= 15 is 0 Å². The molecule has 1 heterocycles. The summed E-state index contributed by atoms with van der Waals surface area (Å²) in [5, 5.41) is 0.764. The van der Waals surface area contributed by atoms with Crippen LogP contribution in [0.2, 0.25) is 5.02 Å². The topological polar surface area (TPSA) is 46.3 Å². The number of rotatable bonds is 3. The standard InChI is InChI=1S/C22H25ClN2O.ClH/c23-19-7-3-6-18(13-19)22(15-24)10-8-20(9-11-22)25-14-17-5-2-1-4-16(17)12-21(25)26;/h1-7,13,20H,8-12,14-15,24H2;1H. The number of nitrogens with two attached hydrogens (primary N) is 1. The molecule has 2 N–H and O–H groups in total. The Bertz CT molecular complexity index is 815. The van der Waals surface area contributed by atoms with Crippen LogP contribution in [0, 0.1) is 0 Å². The van der Waals surface area contributed by atoms with Gasteiger partial charge in [-0.2, -0.15) is 0 Å². The average molecular weight is 405 g/mol. The number of carbonyl (C=O) groups is 1. The summed E-state index contributed by atoms with van der Waals surface area (Å²) in [6, 6.07) is 16.7. The zero-order valence-corrected chi connectivity index (χ0v) is 16.9. The second-order valence-electron chi connectivity index (χ2n) is 7.69. The minimum atomic E-state index is -0.0157. The highest BCUT2D eigenvalue weighted by atomic mass is 35.5. The maximum atomic E-state index is 12.7. The highest BCUT2D eigenvalue weighted by Crippen LogP contribution is 2.41. The van der Waals surface area contributed by atoms with Crippen molar-refractivity contribution in [2.24, 2.45) is 5.73 Å². The maximum Gasteiger partial charge on any atom is 0.227 e. The number of hydrogen-bond acceptors (Lipinski definition) is 2. The quantitative estimate of drug-likeness (QED) is 0.818. The minimum absolute atomic E-state index is 0. The van der Waals surface area contributed by atoms with Crippen molar-refractivity contribution in [3.05, 3.63) is 70.2 Å². The van der Waals surface area contributed by atoms with E-state index in [9.17, 15) is 4.79 Å². The van der Waals surface area contributed by atoms with Gasteiger partial charge in [-0.3, -0.25) is 4.79 Å². The number of hydrogen-bond donors (Lipinski definition) is 1. The third-order valence-electron chi connectivity index (χ3n) is 6.30. The van der Waals surface area contributed by atoms with E-state index in [2.05, 4.69) is 35.2 Å². The molecule has 2 aromatic carbocycles. The van der Waals surface area contributed by atoms with Crippen molar-refractivity contribution in [1.29, 1.82) is 0 Å². The summed E-state index contributed by atoms with van der Waals surface area (Å²) in [5.74, 6) is 0.261. The van der Waals surface area contributed by atoms with Crippen LogP contribution >= 0.6 is 24.0 Å². The molecule has 0 aromatic heterocycles. The van der Waals surface area contributed by atoms with Gasteiger partial charge in [-0.05, 0) is 54.5 Å². The molecule has 1 fully saturated rings. The zero-order valence-electron chi connectivity index (χ0n) is 15.4. The van der Waals surface area contributed by atoms with E-state index in [0.717, 1.165) is 37.3 Å². The van der Waals surface area contributed by atoms with Crippen molar-refractivity contribution in [3.8, 4) is 0 Å². The van der Waals surface area contributed by atoms with Gasteiger partial charge in [0.05, 0.1) is 6.42 Å². The second kappa shape index (κ2) is 8.22. The van der Waals surface area contributed by atoms with Crippen molar-refractivity contribution in [1.82, 2.24) is 4.90 Å². The highest BCUT2D eigenvalue weighted by molar-refractivity contribution is 6.30. The molecule has 1 aliphatic carbocycles. The van der Waals surface area contributed by atoms with Gasteiger partial charge in [-0.1, -0.05) is 48.0 Å². The molecule has 4 rings (SSSR count). The summed E-state index contributed by atoms with van der Waals surface area (Å²) in [4.78, 5) is 14.8. The molecular formula is C22H26Cl2N2O. The third kappa shape index (κ3) is 3.87. The van der Waals surface area contributed by atoms with Gasteiger partial charge in [-0.25, -0.2) is 0 Å². The molecule has 144 valence electrons. The molecule has 2 aliphatic rings. The number of carbonyl (C=O) groups excluding carboxylic acids is 1. The van der Waals surface area contributed by atoms with Gasteiger partial charge in [0.2, 0.25) is 5.91 Å². The summed E-state index contributed by atoms with van der Waals surface area (Å²) in [7, 11) is 0. The fourth-order valence-corrected chi connectivity index (χ4v) is 4.84. The molecule has 0 atom stereocenters. The summed E-state index contributed by atoms with van der Waals surface area (Å²) >= 11 is 6.21. The molecule has 0 spiro atoms. The Morgan fingerprint density at radius 1 is 1.07 bits per heavy atom. The molecule has 0 saturated heterocycles. The zero-order chi connectivity index (χ0) is 18.1. The number of halogens is 2. The van der Waals surface area contributed by atoms with Crippen LogP contribution in [0.5, 0.6) is 0 Å². The molecule has 1 saturated carbocycles. The molecule has 0 bridgehead atoms. The predicted octanol–water partition coefficient (Wildman–Crippen LogP) is 4.49. The first kappa shape index (κ1) is 20.2. The Hall–Kier alpha value is -1.55. The number of fused-ring (bicyclic) bond motifs is 1. The van der Waals surface area contributed by atoms with Crippen molar-refractivity contribution < 1.29 is 4.79 Å². The lowest BCUT2D eigenvalue weighted by molar-refractivity contribution is -0.135. The number of nitrogens with zero attached hydrogens (tertiary/aromatic N) is 1. The van der Waals surface area contributed by atoms with Crippen LogP contribution in [-0.2, 0) is 23.2 Å². The first-order valence-electron chi connectivity index (χ1n) is 9.44. The normalized spacial score (nSPS) is 24.9. The molecular weight excluding hydrogens is 379 g/mol. The summed E-state index contributed by atoms with van der Waals surface area (Å²) in [5.41, 5.74) is 9.90. The Balaban J connectivity index is 0.00000210. The van der Waals surface area contributed by atoms with Crippen molar-refractivity contribution >= 4 is 29.9 Å². The first-order chi connectivity index (χ1) is 12.6. The maximum absolute atomic E-state index is 12.7. The SMILES string of the molecule is Cl.NCC1(c2cccc(Cl)c2)CCC(N2Cc3ccccc3CC2=O)CC1. The second-order valence-corrected chi connectivity index (χ2v) is 8.13. The van der Waals surface area contributed by atoms with Gasteiger partial charge in [0.1, 0.15) is 0 Å². The molecule has 1 aliphatic heterocycles. The molecule has 0 radical (unpaired) electrons. The van der Waals surface area contributed by atoms with Crippen LogP contribution in [0.4, 0.5) is 0 Å². The first-order valence-corrected chi connectivity index (χ1v) is 9.81. The molecule has 2 aromatic rings. The molecule has 3 nitrogen and oxygen atoms in total. The van der Waals surface area contributed by atoms with Gasteiger partial charge < -0.3 is 10.6 Å². The van der Waals surface area contributed by atoms with Gasteiger partial charge in [-0.15, -0.1) is 12.4 Å². The Kier molecular flexibility index (Phi) is 6.15. The summed E-state index contributed by atoms with van der Waals surface area (Å²) in [6.07, 6.45) is 4.53. The highest BCUT2D eigenvalue weighted by Gasteiger charge is 2.39. The van der Waals surface area contributed by atoms with Crippen LogP contribution in [-0.4, -0.2) is 23.4 Å². The van der Waals surface area contributed by atoms with Crippen LogP contribution in [0.15, 0.2) is 48.5 Å². The lowest BCUT2D eigenvalue weighted by Crippen LogP contribution is -2.49. The van der Waals surface area contributed by atoms with Crippen LogP contribution in [0.1, 0.15) is 42.4 Å². The van der Waals surface area contributed by atoms with Crippen LogP contribution in [0.3, 0.4) is 0 Å². The van der Waals surface area contributed by atoms with E-state index in [-0.39, 0.29) is 23.7 Å². The van der Waals surface area contributed by atoms with E-state index in [1.165, 1.54) is 16.7 Å². The van der Waals surface area contributed by atoms with Crippen molar-refractivity contribution in [2.75, 3.05) is 6.54 Å². The van der Waals surface area contributed by atoms with E-state index in [1.54, 1.807) is 0 Å². The van der Waals surface area contributed by atoms with Crippen LogP contribution < -0.4 is 5.73 Å². The van der Waals surface area contributed by atoms with E-state index in [4.69, 9.17) is 17.3 Å². The number of amides is 1. The van der Waals surface area contributed by atoms with Gasteiger partial charge >= 0.3 is 0 Å². The third-order valence-corrected chi connectivity index (χ3v) is 6.54. The molecule has 1 amide bonds. The fraction of sp³-hybridized carbons (Fsp3) is 0.409. The lowest BCUT2D eigenvalue weighted by Gasteiger charge is -2.44. The monoisotopic (exact) mass is 404 g/mol. The van der Waals surface area contributed by atoms with E-state index < -0.39 is 0 Å². The molecule has 0 unspecified atom stereocenters. The fourth-order valence-electron chi connectivity index (χ4n) is 4.65. The Morgan fingerprint density at radius 3 is 2.44 bits per heavy atom. The molecule has 5 heteroatoms. The van der Waals surface area contributed by atoms with E-state index in [1.807, 2.05) is 18.2 Å². The average Bonchev–Trinajstić information content (AvgIpc) is 2.67. The van der Waals surface area contributed by atoms with E-state index in [0.29, 0.717) is 19.0 Å². The van der Waals surface area contributed by atoms with Crippen LogP contribution in [0.25, 0.3) is 0 Å². The summed E-state index contributed by atoms with van der Waals surface area (Å²) in [6.45, 7) is 1.36. The predicted molar refractivity (Wildman–Crippen MR) is 112 cm³/mol.